The van der Waals surface area contributed by atoms with E-state index in [0.29, 0.717) is 5.56 Å². The highest BCUT2D eigenvalue weighted by atomic mass is 17.1. The molecule has 1 N–H and O–H groups in total. The lowest BCUT2D eigenvalue weighted by atomic mass is 9.85. The summed E-state index contributed by atoms with van der Waals surface area (Å²) in [5.74, 6) is -0.715. The Morgan fingerprint density at radius 1 is 1.33 bits per heavy atom. The Balaban J connectivity index is 3.15. The van der Waals surface area contributed by atoms with Crippen LogP contribution in [0.4, 0.5) is 0 Å². The van der Waals surface area contributed by atoms with E-state index in [9.17, 15) is 4.79 Å². The van der Waals surface area contributed by atoms with Gasteiger partial charge in [-0.2, -0.15) is 5.26 Å². The molecule has 0 fully saturated rings. The lowest BCUT2D eigenvalue weighted by Gasteiger charge is -2.20. The van der Waals surface area contributed by atoms with Gasteiger partial charge >= 0.3 is 5.97 Å². The maximum absolute atomic E-state index is 11.1. The van der Waals surface area contributed by atoms with Gasteiger partial charge in [-0.15, -0.1) is 0 Å². The zero-order chi connectivity index (χ0) is 11.6. The molecule has 3 heteroatoms. The normalized spacial score (nSPS) is 11.3. The molecule has 0 saturated heterocycles. The molecule has 1 aromatic rings. The molecule has 1 aromatic carbocycles. The molecule has 0 radical (unpaired) electrons. The van der Waals surface area contributed by atoms with Crippen molar-refractivity contribution in [1.82, 2.24) is 0 Å². The van der Waals surface area contributed by atoms with E-state index in [-0.39, 0.29) is 5.41 Å². The Hall–Kier alpha value is -1.35. The summed E-state index contributed by atoms with van der Waals surface area (Å²) < 4.78 is 0. The summed E-state index contributed by atoms with van der Waals surface area (Å²) in [6, 6.07) is 5.49. The van der Waals surface area contributed by atoms with E-state index in [1.54, 1.807) is 6.07 Å². The minimum Gasteiger partial charge on any atom is -0.295 e. The van der Waals surface area contributed by atoms with Gasteiger partial charge in [0.25, 0.3) is 0 Å². The monoisotopic (exact) mass is 208 g/mol. The number of benzene rings is 1. The standard InChI is InChI=1S/C12H16O3/c1-8-7-9(12(2,3)4)5-6-10(8)11(13)15-14/h5-7,14H,1-4H3. The van der Waals surface area contributed by atoms with Gasteiger partial charge in [0.2, 0.25) is 0 Å². The maximum Gasteiger partial charge on any atom is 0.373 e. The van der Waals surface area contributed by atoms with Gasteiger partial charge < -0.3 is 0 Å². The Morgan fingerprint density at radius 2 is 1.93 bits per heavy atom. The molecule has 0 bridgehead atoms. The van der Waals surface area contributed by atoms with Crippen LogP contribution in [0.15, 0.2) is 18.2 Å². The van der Waals surface area contributed by atoms with E-state index in [4.69, 9.17) is 5.26 Å². The quantitative estimate of drug-likeness (QED) is 0.570. The summed E-state index contributed by atoms with van der Waals surface area (Å²) >= 11 is 0. The number of rotatable bonds is 1. The zero-order valence-corrected chi connectivity index (χ0v) is 9.50. The van der Waals surface area contributed by atoms with Crippen LogP contribution in [0.5, 0.6) is 0 Å². The van der Waals surface area contributed by atoms with E-state index in [2.05, 4.69) is 25.7 Å². The number of aryl methyl sites for hydroxylation is 1. The molecule has 0 aromatic heterocycles. The van der Waals surface area contributed by atoms with Crippen LogP contribution in [0.2, 0.25) is 0 Å². The fourth-order valence-electron chi connectivity index (χ4n) is 1.41. The second-order valence-corrected chi connectivity index (χ2v) is 4.66. The van der Waals surface area contributed by atoms with Gasteiger partial charge in [-0.3, -0.25) is 4.89 Å². The SMILES string of the molecule is Cc1cc(C(C)(C)C)ccc1C(=O)OO. The number of carbonyl (C=O) groups excluding carboxylic acids is 1. The van der Waals surface area contributed by atoms with E-state index in [1.165, 1.54) is 0 Å². The van der Waals surface area contributed by atoms with Crippen molar-refractivity contribution >= 4 is 5.97 Å². The van der Waals surface area contributed by atoms with Crippen molar-refractivity contribution in [2.75, 3.05) is 0 Å². The average molecular weight is 208 g/mol. The first-order valence-corrected chi connectivity index (χ1v) is 4.83. The molecular weight excluding hydrogens is 192 g/mol. The first kappa shape index (κ1) is 11.7. The largest absolute Gasteiger partial charge is 0.373 e. The molecule has 0 unspecified atom stereocenters. The summed E-state index contributed by atoms with van der Waals surface area (Å²) in [6.45, 7) is 8.13. The molecule has 15 heavy (non-hydrogen) atoms. The Morgan fingerprint density at radius 3 is 2.33 bits per heavy atom. The highest BCUT2D eigenvalue weighted by Crippen LogP contribution is 2.24. The molecule has 82 valence electrons. The van der Waals surface area contributed by atoms with Crippen molar-refractivity contribution in [1.29, 1.82) is 0 Å². The van der Waals surface area contributed by atoms with E-state index < -0.39 is 5.97 Å². The minimum absolute atomic E-state index is 0.0480. The molecule has 0 aliphatic heterocycles. The number of hydrogen-bond donors (Lipinski definition) is 1. The number of carbonyl (C=O) groups is 1. The van der Waals surface area contributed by atoms with Gasteiger partial charge in [-0.1, -0.05) is 32.9 Å². The second-order valence-electron chi connectivity index (χ2n) is 4.66. The van der Waals surface area contributed by atoms with Crippen molar-refractivity contribution in [3.8, 4) is 0 Å². The van der Waals surface area contributed by atoms with Crippen molar-refractivity contribution < 1.29 is 14.9 Å². The molecule has 0 aliphatic carbocycles. The fourth-order valence-corrected chi connectivity index (χ4v) is 1.41. The molecule has 0 saturated carbocycles. The van der Waals surface area contributed by atoms with Crippen LogP contribution in [0.1, 0.15) is 42.3 Å². The first-order valence-electron chi connectivity index (χ1n) is 4.83. The first-order chi connectivity index (χ1) is 6.86. The fraction of sp³-hybridized carbons (Fsp3) is 0.417. The van der Waals surface area contributed by atoms with Gasteiger partial charge in [-0.05, 0) is 29.5 Å². The van der Waals surface area contributed by atoms with Crippen LogP contribution < -0.4 is 0 Å². The van der Waals surface area contributed by atoms with Gasteiger partial charge in [0.1, 0.15) is 0 Å². The smallest absolute Gasteiger partial charge is 0.295 e. The minimum atomic E-state index is -0.715. The summed E-state index contributed by atoms with van der Waals surface area (Å²) in [4.78, 5) is 14.8. The molecule has 1 rings (SSSR count). The highest BCUT2D eigenvalue weighted by molar-refractivity contribution is 5.90. The number of hydrogen-bond acceptors (Lipinski definition) is 3. The van der Waals surface area contributed by atoms with Crippen molar-refractivity contribution in [3.05, 3.63) is 34.9 Å². The van der Waals surface area contributed by atoms with Crippen LogP contribution in [0.3, 0.4) is 0 Å². The summed E-state index contributed by atoms with van der Waals surface area (Å²) in [6.07, 6.45) is 0. The third-order valence-electron chi connectivity index (χ3n) is 2.40. The van der Waals surface area contributed by atoms with Crippen LogP contribution in [0.25, 0.3) is 0 Å². The molecule has 0 aliphatic rings. The Kier molecular flexibility index (Phi) is 3.15. The molecular formula is C12H16O3. The highest BCUT2D eigenvalue weighted by Gasteiger charge is 2.17. The predicted molar refractivity (Wildman–Crippen MR) is 57.9 cm³/mol. The Bertz CT molecular complexity index is 375. The summed E-state index contributed by atoms with van der Waals surface area (Å²) in [7, 11) is 0. The lowest BCUT2D eigenvalue weighted by Crippen LogP contribution is -2.13. The van der Waals surface area contributed by atoms with Gasteiger partial charge in [-0.25, -0.2) is 4.79 Å². The topological polar surface area (TPSA) is 46.5 Å². The molecule has 0 heterocycles. The van der Waals surface area contributed by atoms with E-state index >= 15 is 0 Å². The van der Waals surface area contributed by atoms with Gasteiger partial charge in [0.15, 0.2) is 0 Å². The van der Waals surface area contributed by atoms with Gasteiger partial charge in [0.05, 0.1) is 5.56 Å². The van der Waals surface area contributed by atoms with Crippen molar-refractivity contribution in [3.63, 3.8) is 0 Å². The lowest BCUT2D eigenvalue weighted by molar-refractivity contribution is -0.182. The van der Waals surface area contributed by atoms with E-state index in [1.807, 2.05) is 19.1 Å². The van der Waals surface area contributed by atoms with Crippen LogP contribution in [-0.4, -0.2) is 11.2 Å². The summed E-state index contributed by atoms with van der Waals surface area (Å²) in [5, 5.41) is 8.29. The predicted octanol–water partition coefficient (Wildman–Crippen LogP) is 2.92. The van der Waals surface area contributed by atoms with E-state index in [0.717, 1.165) is 11.1 Å². The maximum atomic E-state index is 11.1. The second kappa shape index (κ2) is 4.03. The zero-order valence-electron chi connectivity index (χ0n) is 9.50. The molecule has 0 amide bonds. The molecule has 3 nitrogen and oxygen atoms in total. The molecule has 0 spiro atoms. The van der Waals surface area contributed by atoms with Crippen molar-refractivity contribution in [2.45, 2.75) is 33.1 Å². The van der Waals surface area contributed by atoms with Crippen LogP contribution in [0, 0.1) is 6.92 Å². The van der Waals surface area contributed by atoms with Crippen LogP contribution in [-0.2, 0) is 10.3 Å². The average Bonchev–Trinajstić information content (AvgIpc) is 2.15. The van der Waals surface area contributed by atoms with Crippen LogP contribution >= 0.6 is 0 Å². The molecule has 0 atom stereocenters. The third kappa shape index (κ3) is 2.57. The van der Waals surface area contributed by atoms with Crippen molar-refractivity contribution in [2.24, 2.45) is 0 Å². The Labute approximate surface area is 89.6 Å². The summed E-state index contributed by atoms with van der Waals surface area (Å²) in [5.41, 5.74) is 2.40. The van der Waals surface area contributed by atoms with Gasteiger partial charge in [0, 0.05) is 0 Å². The third-order valence-corrected chi connectivity index (χ3v) is 2.40.